The van der Waals surface area contributed by atoms with Gasteiger partial charge < -0.3 is 24.4 Å². The van der Waals surface area contributed by atoms with Crippen LogP contribution in [0.15, 0.2) is 24.3 Å². The number of H-pyrrole nitrogens is 1. The van der Waals surface area contributed by atoms with E-state index in [1.807, 2.05) is 6.92 Å². The molecule has 2 fully saturated rings. The van der Waals surface area contributed by atoms with Gasteiger partial charge >= 0.3 is 0 Å². The van der Waals surface area contributed by atoms with E-state index in [2.05, 4.69) is 20.5 Å². The Balaban J connectivity index is 1.40. The van der Waals surface area contributed by atoms with Crippen LogP contribution in [0.5, 0.6) is 11.5 Å². The van der Waals surface area contributed by atoms with Gasteiger partial charge in [-0.2, -0.15) is 5.10 Å². The first kappa shape index (κ1) is 22.1. The third-order valence-electron chi connectivity index (χ3n) is 5.96. The number of ether oxygens (including phenoxy) is 3. The monoisotopic (exact) mass is 443 g/mol. The van der Waals surface area contributed by atoms with Crippen LogP contribution in [0.2, 0.25) is 0 Å². The molecule has 0 radical (unpaired) electrons. The summed E-state index contributed by atoms with van der Waals surface area (Å²) in [5, 5.41) is 10.3. The number of carbonyl (C=O) groups excluding carboxylic acids is 2. The van der Waals surface area contributed by atoms with Crippen LogP contribution in [0.25, 0.3) is 0 Å². The van der Waals surface area contributed by atoms with Crippen molar-refractivity contribution in [2.75, 3.05) is 40.0 Å². The average Bonchev–Trinajstić information content (AvgIpc) is 3.44. The lowest BCUT2D eigenvalue weighted by Crippen LogP contribution is -2.44. The highest BCUT2D eigenvalue weighted by atomic mass is 16.5. The second-order valence-corrected chi connectivity index (χ2v) is 8.15. The van der Waals surface area contributed by atoms with Crippen molar-refractivity contribution in [3.05, 3.63) is 35.9 Å². The fraction of sp³-hybridized carbons (Fsp3) is 0.545. The first-order chi connectivity index (χ1) is 15.5. The Hall–Kier alpha value is -3.14. The van der Waals surface area contributed by atoms with Crippen molar-refractivity contribution in [1.82, 2.24) is 25.4 Å². The van der Waals surface area contributed by atoms with Gasteiger partial charge in [-0.15, -0.1) is 0 Å². The Morgan fingerprint density at radius 3 is 2.56 bits per heavy atom. The molecule has 3 heterocycles. The van der Waals surface area contributed by atoms with E-state index in [1.165, 1.54) is 0 Å². The van der Waals surface area contributed by atoms with E-state index < -0.39 is 0 Å². The minimum Gasteiger partial charge on any atom is -0.497 e. The number of rotatable bonds is 7. The molecular weight excluding hydrogens is 414 g/mol. The van der Waals surface area contributed by atoms with Gasteiger partial charge in [-0.1, -0.05) is 0 Å². The third-order valence-corrected chi connectivity index (χ3v) is 5.96. The van der Waals surface area contributed by atoms with Crippen molar-refractivity contribution in [3.8, 4) is 11.5 Å². The van der Waals surface area contributed by atoms with E-state index in [-0.39, 0.29) is 36.3 Å². The molecule has 0 bridgehead atoms. The van der Waals surface area contributed by atoms with E-state index >= 15 is 0 Å². The number of nitrogens with one attached hydrogen (secondary N) is 2. The maximum atomic E-state index is 12.9. The summed E-state index contributed by atoms with van der Waals surface area (Å²) in [7, 11) is 1.59. The van der Waals surface area contributed by atoms with Gasteiger partial charge in [0.15, 0.2) is 12.4 Å². The summed E-state index contributed by atoms with van der Waals surface area (Å²) < 4.78 is 16.1. The molecule has 0 saturated carbocycles. The number of benzene rings is 1. The van der Waals surface area contributed by atoms with Gasteiger partial charge in [0.05, 0.1) is 19.1 Å². The molecule has 2 aliphatic rings. The molecule has 0 aliphatic carbocycles. The van der Waals surface area contributed by atoms with Gasteiger partial charge in [0.2, 0.25) is 5.91 Å². The normalized spacial score (nSPS) is 21.4. The van der Waals surface area contributed by atoms with Gasteiger partial charge in [-0.05, 0) is 44.0 Å². The highest BCUT2D eigenvalue weighted by molar-refractivity contribution is 5.80. The molecule has 0 unspecified atom stereocenters. The second-order valence-electron chi connectivity index (χ2n) is 8.15. The van der Waals surface area contributed by atoms with Crippen molar-refractivity contribution in [1.29, 1.82) is 0 Å². The molecule has 32 heavy (non-hydrogen) atoms. The zero-order valence-electron chi connectivity index (χ0n) is 18.4. The van der Waals surface area contributed by atoms with Crippen LogP contribution in [0.1, 0.15) is 30.4 Å². The lowest BCUT2D eigenvalue weighted by atomic mass is 9.97. The Kier molecular flexibility index (Phi) is 6.89. The van der Waals surface area contributed by atoms with E-state index in [4.69, 9.17) is 14.2 Å². The molecule has 172 valence electrons. The largest absolute Gasteiger partial charge is 0.497 e. The standard InChI is InChI=1S/C22H29N5O5/c1-14-23-21(26-25-14)18-11-27(12-19(18)24-22(29)15-7-9-31-10-8-15)20(28)13-32-17-5-3-16(30-2)4-6-17/h3-6,15,18-19H,7-13H2,1-2H3,(H,24,29)(H,23,25,26)/t18-,19-/m1/s1. The summed E-state index contributed by atoms with van der Waals surface area (Å²) in [4.78, 5) is 31.8. The summed E-state index contributed by atoms with van der Waals surface area (Å²) in [5.74, 6) is 2.20. The fourth-order valence-electron chi connectivity index (χ4n) is 4.11. The molecule has 1 aromatic carbocycles. The zero-order valence-corrected chi connectivity index (χ0v) is 18.4. The van der Waals surface area contributed by atoms with E-state index in [9.17, 15) is 9.59 Å². The molecule has 10 heteroatoms. The molecule has 0 spiro atoms. The number of methoxy groups -OCH3 is 1. The molecular formula is C22H29N5O5. The first-order valence-corrected chi connectivity index (χ1v) is 10.8. The summed E-state index contributed by atoms with van der Waals surface area (Å²) in [6.45, 7) is 3.73. The average molecular weight is 444 g/mol. The molecule has 2 atom stereocenters. The van der Waals surface area contributed by atoms with Gasteiger partial charge in [0.1, 0.15) is 17.3 Å². The van der Waals surface area contributed by atoms with Crippen molar-refractivity contribution in [3.63, 3.8) is 0 Å². The Morgan fingerprint density at radius 1 is 1.19 bits per heavy atom. The summed E-state index contributed by atoms with van der Waals surface area (Å²) in [6, 6.07) is 6.81. The van der Waals surface area contributed by atoms with Crippen molar-refractivity contribution in [2.24, 2.45) is 5.92 Å². The predicted molar refractivity (Wildman–Crippen MR) is 114 cm³/mol. The van der Waals surface area contributed by atoms with Crippen LogP contribution in [0.3, 0.4) is 0 Å². The number of likely N-dealkylation sites (tertiary alicyclic amines) is 1. The SMILES string of the molecule is COc1ccc(OCC(=O)N2C[C@@H](NC(=O)C3CCOCC3)[C@H](c3n[nH]c(C)n3)C2)cc1. The van der Waals surface area contributed by atoms with Gasteiger partial charge in [0, 0.05) is 32.2 Å². The van der Waals surface area contributed by atoms with Crippen molar-refractivity contribution < 1.29 is 23.8 Å². The molecule has 10 nitrogen and oxygen atoms in total. The van der Waals surface area contributed by atoms with Crippen LogP contribution in [0, 0.1) is 12.8 Å². The third kappa shape index (κ3) is 5.18. The number of hydrogen-bond donors (Lipinski definition) is 2. The van der Waals surface area contributed by atoms with Crippen LogP contribution < -0.4 is 14.8 Å². The number of hydrogen-bond acceptors (Lipinski definition) is 7. The minimum atomic E-state index is -0.259. The van der Waals surface area contributed by atoms with Crippen LogP contribution >= 0.6 is 0 Å². The maximum absolute atomic E-state index is 12.9. The highest BCUT2D eigenvalue weighted by Crippen LogP contribution is 2.27. The molecule has 2 saturated heterocycles. The molecule has 2 N–H and O–H groups in total. The second kappa shape index (κ2) is 9.99. The minimum absolute atomic E-state index is 0.000612. The van der Waals surface area contributed by atoms with Gasteiger partial charge in [-0.25, -0.2) is 4.98 Å². The number of nitrogens with zero attached hydrogens (tertiary/aromatic N) is 3. The van der Waals surface area contributed by atoms with E-state index in [1.54, 1.807) is 36.3 Å². The molecule has 2 aromatic rings. The zero-order chi connectivity index (χ0) is 22.5. The summed E-state index contributed by atoms with van der Waals surface area (Å²) in [6.07, 6.45) is 1.42. The van der Waals surface area contributed by atoms with Gasteiger partial charge in [-0.3, -0.25) is 14.7 Å². The topological polar surface area (TPSA) is 119 Å². The van der Waals surface area contributed by atoms with Crippen molar-refractivity contribution >= 4 is 11.8 Å². The van der Waals surface area contributed by atoms with Gasteiger partial charge in [0.25, 0.3) is 5.91 Å². The highest BCUT2D eigenvalue weighted by Gasteiger charge is 2.40. The molecule has 4 rings (SSSR count). The number of aromatic nitrogens is 3. The molecule has 2 aliphatic heterocycles. The number of carbonyl (C=O) groups is 2. The van der Waals surface area contributed by atoms with E-state index in [0.29, 0.717) is 56.5 Å². The molecule has 1 aromatic heterocycles. The predicted octanol–water partition coefficient (Wildman–Crippen LogP) is 1.04. The first-order valence-electron chi connectivity index (χ1n) is 10.8. The number of amides is 2. The van der Waals surface area contributed by atoms with Crippen molar-refractivity contribution in [2.45, 2.75) is 31.7 Å². The smallest absolute Gasteiger partial charge is 0.260 e. The summed E-state index contributed by atoms with van der Waals surface area (Å²) in [5.41, 5.74) is 0. The number of aryl methyl sites for hydroxylation is 1. The van der Waals surface area contributed by atoms with Crippen LogP contribution in [0.4, 0.5) is 0 Å². The maximum Gasteiger partial charge on any atom is 0.260 e. The lowest BCUT2D eigenvalue weighted by Gasteiger charge is -2.24. The van der Waals surface area contributed by atoms with Crippen LogP contribution in [-0.4, -0.2) is 78.0 Å². The lowest BCUT2D eigenvalue weighted by molar-refractivity contribution is -0.133. The molecule has 2 amide bonds. The fourth-order valence-corrected chi connectivity index (χ4v) is 4.11. The summed E-state index contributed by atoms with van der Waals surface area (Å²) >= 11 is 0. The Morgan fingerprint density at radius 2 is 1.91 bits per heavy atom. The number of aromatic amines is 1. The Labute approximate surface area is 186 Å². The van der Waals surface area contributed by atoms with E-state index in [0.717, 1.165) is 5.75 Å². The quantitative estimate of drug-likeness (QED) is 0.656. The van der Waals surface area contributed by atoms with Crippen LogP contribution in [-0.2, 0) is 14.3 Å². The Bertz CT molecular complexity index is 925.